The largest absolute Gasteiger partial charge is 0.454 e. The van der Waals surface area contributed by atoms with Crippen molar-refractivity contribution in [3.05, 3.63) is 69.0 Å². The van der Waals surface area contributed by atoms with Gasteiger partial charge in [-0.1, -0.05) is 25.4 Å². The van der Waals surface area contributed by atoms with Gasteiger partial charge in [0.1, 0.15) is 6.04 Å². The third-order valence-corrected chi connectivity index (χ3v) is 4.43. The van der Waals surface area contributed by atoms with Gasteiger partial charge in [0.25, 0.3) is 11.8 Å². The Labute approximate surface area is 188 Å². The maximum Gasteiger partial charge on any atom is 0.329 e. The van der Waals surface area contributed by atoms with Crippen molar-refractivity contribution >= 4 is 40.8 Å². The molecule has 2 rings (SSSR count). The van der Waals surface area contributed by atoms with Crippen molar-refractivity contribution in [3.8, 4) is 0 Å². The molecule has 2 amide bonds. The van der Waals surface area contributed by atoms with Gasteiger partial charge in [-0.25, -0.2) is 4.79 Å². The lowest BCUT2D eigenvalue weighted by atomic mass is 10.0. The zero-order chi connectivity index (χ0) is 23.8. The van der Waals surface area contributed by atoms with Crippen molar-refractivity contribution in [2.75, 3.05) is 11.9 Å². The highest BCUT2D eigenvalue weighted by Crippen LogP contribution is 2.21. The topological polar surface area (TPSA) is 128 Å². The Hall–Kier alpha value is -3.53. The second-order valence-electron chi connectivity index (χ2n) is 7.24. The molecule has 0 heterocycles. The third-order valence-electron chi connectivity index (χ3n) is 4.18. The average Bonchev–Trinajstić information content (AvgIpc) is 2.72. The zero-order valence-corrected chi connectivity index (χ0v) is 18.0. The molecule has 0 saturated carbocycles. The number of nitrogens with one attached hydrogen (secondary N) is 2. The monoisotopic (exact) mass is 465 g/mol. The second-order valence-corrected chi connectivity index (χ2v) is 7.68. The van der Waals surface area contributed by atoms with E-state index < -0.39 is 46.9 Å². The lowest BCUT2D eigenvalue weighted by molar-refractivity contribution is -0.387. The number of nitro benzene ring substituents is 1. The van der Waals surface area contributed by atoms with Crippen LogP contribution in [0.5, 0.6) is 0 Å². The van der Waals surface area contributed by atoms with Gasteiger partial charge in [0.05, 0.1) is 4.92 Å². The van der Waals surface area contributed by atoms with E-state index in [0.29, 0.717) is 10.6 Å². The molecule has 0 saturated heterocycles. The summed E-state index contributed by atoms with van der Waals surface area (Å²) >= 11 is 5.81. The fourth-order valence-electron chi connectivity index (χ4n) is 2.69. The van der Waals surface area contributed by atoms with Gasteiger partial charge in [-0.3, -0.25) is 19.7 Å². The summed E-state index contributed by atoms with van der Waals surface area (Å²) in [7, 11) is 0. The van der Waals surface area contributed by atoms with Crippen molar-refractivity contribution < 1.29 is 28.4 Å². The molecule has 1 atom stereocenters. The molecule has 2 N–H and O–H groups in total. The molecule has 0 aliphatic carbocycles. The van der Waals surface area contributed by atoms with Crippen LogP contribution in [0.25, 0.3) is 0 Å². The minimum absolute atomic E-state index is 0.0334. The standard InChI is InChI=1S/C21H21ClFN3O6/c1-12(2)9-17(25-20(28)13-3-5-14(22)6-4-13)21(29)32-11-19(27)24-15-7-8-16(23)18(10-15)26(30)31/h3-8,10,12,17H,9,11H2,1-2H3,(H,24,27)(H,25,28). The molecule has 0 radical (unpaired) electrons. The summed E-state index contributed by atoms with van der Waals surface area (Å²) in [6.45, 7) is 3.00. The maximum atomic E-state index is 13.4. The number of benzene rings is 2. The minimum atomic E-state index is -1.05. The SMILES string of the molecule is CC(C)CC(NC(=O)c1ccc(Cl)cc1)C(=O)OCC(=O)Nc1ccc(F)c([N+](=O)[O-])c1. The first kappa shape index (κ1) is 24.7. The first-order valence-electron chi connectivity index (χ1n) is 9.53. The molecule has 0 bridgehead atoms. The van der Waals surface area contributed by atoms with Gasteiger partial charge in [0.2, 0.25) is 5.82 Å². The highest BCUT2D eigenvalue weighted by atomic mass is 35.5. The molecule has 0 fully saturated rings. The van der Waals surface area contributed by atoms with Crippen LogP contribution in [0.1, 0.15) is 30.6 Å². The number of halogens is 2. The Balaban J connectivity index is 1.98. The van der Waals surface area contributed by atoms with Crippen LogP contribution in [0.2, 0.25) is 5.02 Å². The van der Waals surface area contributed by atoms with Crippen LogP contribution in [0, 0.1) is 21.8 Å². The molecule has 9 nitrogen and oxygen atoms in total. The number of ether oxygens (including phenoxy) is 1. The Bertz CT molecular complexity index is 1010. The third kappa shape index (κ3) is 7.31. The molecule has 11 heteroatoms. The van der Waals surface area contributed by atoms with E-state index in [1.165, 1.54) is 24.3 Å². The van der Waals surface area contributed by atoms with Gasteiger partial charge in [0.15, 0.2) is 6.61 Å². The van der Waals surface area contributed by atoms with Crippen LogP contribution in [-0.4, -0.2) is 35.4 Å². The van der Waals surface area contributed by atoms with E-state index in [1.54, 1.807) is 0 Å². The van der Waals surface area contributed by atoms with E-state index in [9.17, 15) is 28.9 Å². The fraction of sp³-hybridized carbons (Fsp3) is 0.286. The highest BCUT2D eigenvalue weighted by molar-refractivity contribution is 6.30. The smallest absolute Gasteiger partial charge is 0.329 e. The van der Waals surface area contributed by atoms with Crippen LogP contribution < -0.4 is 10.6 Å². The summed E-state index contributed by atoms with van der Waals surface area (Å²) in [5.74, 6) is -3.13. The van der Waals surface area contributed by atoms with Gasteiger partial charge in [-0.15, -0.1) is 0 Å². The van der Waals surface area contributed by atoms with E-state index in [2.05, 4.69) is 10.6 Å². The number of hydrogen-bond donors (Lipinski definition) is 2. The highest BCUT2D eigenvalue weighted by Gasteiger charge is 2.25. The first-order valence-corrected chi connectivity index (χ1v) is 9.91. The van der Waals surface area contributed by atoms with Crippen LogP contribution >= 0.6 is 11.6 Å². The predicted molar refractivity (Wildman–Crippen MR) is 115 cm³/mol. The summed E-state index contributed by atoms with van der Waals surface area (Å²) in [6.07, 6.45) is 0.268. The summed E-state index contributed by atoms with van der Waals surface area (Å²) < 4.78 is 18.4. The van der Waals surface area contributed by atoms with Gasteiger partial charge in [0, 0.05) is 22.3 Å². The van der Waals surface area contributed by atoms with Crippen molar-refractivity contribution in [2.45, 2.75) is 26.3 Å². The number of esters is 1. The van der Waals surface area contributed by atoms with E-state index >= 15 is 0 Å². The van der Waals surface area contributed by atoms with Gasteiger partial charge in [-0.05, 0) is 48.7 Å². The second kappa shape index (κ2) is 11.2. The Kier molecular flexibility index (Phi) is 8.65. The Morgan fingerprint density at radius 3 is 2.41 bits per heavy atom. The summed E-state index contributed by atoms with van der Waals surface area (Å²) in [6, 6.07) is 7.91. The van der Waals surface area contributed by atoms with E-state index in [4.69, 9.17) is 16.3 Å². The van der Waals surface area contributed by atoms with Crippen molar-refractivity contribution in [2.24, 2.45) is 5.92 Å². The Morgan fingerprint density at radius 1 is 1.16 bits per heavy atom. The van der Waals surface area contributed by atoms with E-state index in [1.807, 2.05) is 13.8 Å². The number of amides is 2. The summed E-state index contributed by atoms with van der Waals surface area (Å²) in [5, 5.41) is 16.1. The lowest BCUT2D eigenvalue weighted by Gasteiger charge is -2.19. The number of nitrogens with zero attached hydrogens (tertiary/aromatic N) is 1. The molecule has 2 aromatic carbocycles. The van der Waals surface area contributed by atoms with Crippen LogP contribution in [-0.2, 0) is 14.3 Å². The molecule has 2 aromatic rings. The number of rotatable bonds is 9. The molecular weight excluding hydrogens is 445 g/mol. The van der Waals surface area contributed by atoms with Crippen molar-refractivity contribution in [1.82, 2.24) is 5.32 Å². The molecule has 170 valence electrons. The fourth-order valence-corrected chi connectivity index (χ4v) is 2.82. The number of nitro groups is 1. The van der Waals surface area contributed by atoms with Crippen molar-refractivity contribution in [1.29, 1.82) is 0 Å². The summed E-state index contributed by atoms with van der Waals surface area (Å²) in [5.41, 5.74) is -0.540. The molecule has 0 aliphatic rings. The number of carbonyl (C=O) groups is 3. The van der Waals surface area contributed by atoms with Gasteiger partial charge in [-0.2, -0.15) is 4.39 Å². The van der Waals surface area contributed by atoms with Crippen LogP contribution in [0.4, 0.5) is 15.8 Å². The minimum Gasteiger partial charge on any atom is -0.454 e. The molecular formula is C21H21ClFN3O6. The van der Waals surface area contributed by atoms with Crippen LogP contribution in [0.15, 0.2) is 42.5 Å². The molecule has 32 heavy (non-hydrogen) atoms. The normalized spacial score (nSPS) is 11.5. The zero-order valence-electron chi connectivity index (χ0n) is 17.3. The Morgan fingerprint density at radius 2 is 1.81 bits per heavy atom. The van der Waals surface area contributed by atoms with E-state index in [-0.39, 0.29) is 18.0 Å². The predicted octanol–water partition coefficient (Wildman–Crippen LogP) is 3.71. The molecule has 0 spiro atoms. The quantitative estimate of drug-likeness (QED) is 0.330. The number of anilines is 1. The van der Waals surface area contributed by atoms with Gasteiger partial charge < -0.3 is 15.4 Å². The summed E-state index contributed by atoms with van der Waals surface area (Å²) in [4.78, 5) is 46.8. The maximum absolute atomic E-state index is 13.4. The molecule has 0 aromatic heterocycles. The lowest BCUT2D eigenvalue weighted by Crippen LogP contribution is -2.43. The van der Waals surface area contributed by atoms with Crippen LogP contribution in [0.3, 0.4) is 0 Å². The number of carbonyl (C=O) groups excluding carboxylic acids is 3. The molecule has 1 unspecified atom stereocenters. The van der Waals surface area contributed by atoms with Crippen molar-refractivity contribution in [3.63, 3.8) is 0 Å². The van der Waals surface area contributed by atoms with E-state index in [0.717, 1.165) is 18.2 Å². The average molecular weight is 466 g/mol. The molecule has 0 aliphatic heterocycles. The number of hydrogen-bond acceptors (Lipinski definition) is 6. The first-order chi connectivity index (χ1) is 15.1. The van der Waals surface area contributed by atoms with Gasteiger partial charge >= 0.3 is 11.7 Å².